The quantitative estimate of drug-likeness (QED) is 0.617. The van der Waals surface area contributed by atoms with Crippen LogP contribution in [0, 0.1) is 5.92 Å². The third-order valence-corrected chi connectivity index (χ3v) is 2.02. The maximum absolute atomic E-state index is 8.70. The van der Waals surface area contributed by atoms with Crippen LogP contribution in [0.5, 0.6) is 0 Å². The Labute approximate surface area is 77.3 Å². The summed E-state index contributed by atoms with van der Waals surface area (Å²) in [4.78, 5) is 0. The molecule has 0 bridgehead atoms. The van der Waals surface area contributed by atoms with Gasteiger partial charge in [0.2, 0.25) is 0 Å². The van der Waals surface area contributed by atoms with Crippen LogP contribution in [0.3, 0.4) is 0 Å². The zero-order chi connectivity index (χ0) is 9.84. The van der Waals surface area contributed by atoms with Gasteiger partial charge in [0.1, 0.15) is 5.82 Å². The molecule has 13 heavy (non-hydrogen) atoms. The molecule has 0 aliphatic rings. The molecule has 0 saturated heterocycles. The molecular formula is C8H16N4O. The second kappa shape index (κ2) is 4.13. The van der Waals surface area contributed by atoms with E-state index in [0.29, 0.717) is 24.0 Å². The summed E-state index contributed by atoms with van der Waals surface area (Å²) >= 11 is 0. The van der Waals surface area contributed by atoms with Gasteiger partial charge >= 0.3 is 0 Å². The molecule has 5 heteroatoms. The summed E-state index contributed by atoms with van der Waals surface area (Å²) in [6, 6.07) is 0. The van der Waals surface area contributed by atoms with Crippen LogP contribution in [0.25, 0.3) is 0 Å². The molecule has 5 N–H and O–H groups in total. The highest BCUT2D eigenvalue weighted by atomic mass is 16.3. The van der Waals surface area contributed by atoms with Gasteiger partial charge in [-0.1, -0.05) is 6.92 Å². The largest absolute Gasteiger partial charge is 0.396 e. The Hall–Kier alpha value is -1.23. The predicted octanol–water partition coefficient (Wildman–Crippen LogP) is 0.0660. The first kappa shape index (κ1) is 9.85. The lowest BCUT2D eigenvalue weighted by atomic mass is 10.1. The summed E-state index contributed by atoms with van der Waals surface area (Å²) < 4.78 is 1.66. The second-order valence-electron chi connectivity index (χ2n) is 3.28. The maximum Gasteiger partial charge on any atom is 0.145 e. The minimum absolute atomic E-state index is 0.192. The van der Waals surface area contributed by atoms with Gasteiger partial charge in [0.25, 0.3) is 0 Å². The lowest BCUT2D eigenvalue weighted by molar-refractivity contribution is 0.252. The fourth-order valence-electron chi connectivity index (χ4n) is 1.16. The molecule has 0 aliphatic heterocycles. The third-order valence-electron chi connectivity index (χ3n) is 2.02. The van der Waals surface area contributed by atoms with Crippen LogP contribution in [0.15, 0.2) is 6.20 Å². The van der Waals surface area contributed by atoms with Crippen molar-refractivity contribution in [3.8, 4) is 0 Å². The van der Waals surface area contributed by atoms with Gasteiger partial charge in [0, 0.05) is 13.2 Å². The first-order valence-corrected chi connectivity index (χ1v) is 4.32. The van der Waals surface area contributed by atoms with Gasteiger partial charge in [0.05, 0.1) is 11.9 Å². The van der Waals surface area contributed by atoms with E-state index in [9.17, 15) is 0 Å². The van der Waals surface area contributed by atoms with Crippen molar-refractivity contribution in [3.05, 3.63) is 6.20 Å². The molecule has 1 aromatic rings. The molecule has 1 aromatic heterocycles. The Balaban J connectivity index is 2.58. The Bertz CT molecular complexity index is 271. The molecule has 5 nitrogen and oxygen atoms in total. The first-order valence-electron chi connectivity index (χ1n) is 4.32. The summed E-state index contributed by atoms with van der Waals surface area (Å²) in [7, 11) is 0. The van der Waals surface area contributed by atoms with Crippen LogP contribution in [0.1, 0.15) is 13.3 Å². The number of nitrogens with two attached hydrogens (primary N) is 2. The van der Waals surface area contributed by atoms with Crippen LogP contribution in [-0.4, -0.2) is 21.5 Å². The highest BCUT2D eigenvalue weighted by molar-refractivity contribution is 5.56. The van der Waals surface area contributed by atoms with Crippen molar-refractivity contribution in [2.75, 3.05) is 18.1 Å². The highest BCUT2D eigenvalue weighted by Gasteiger charge is 2.07. The molecule has 0 fully saturated rings. The summed E-state index contributed by atoms with van der Waals surface area (Å²) in [5.74, 6) is 0.858. The van der Waals surface area contributed by atoms with Crippen molar-refractivity contribution < 1.29 is 5.11 Å². The van der Waals surface area contributed by atoms with Crippen LogP contribution in [-0.2, 0) is 6.54 Å². The van der Waals surface area contributed by atoms with Crippen LogP contribution >= 0.6 is 0 Å². The molecule has 0 spiro atoms. The standard InChI is InChI=1S/C8H16N4O/c1-6(2-3-13)5-12-8(10)7(9)4-11-12/h4,6,13H,2-3,5,9-10H2,1H3. The van der Waals surface area contributed by atoms with Crippen LogP contribution < -0.4 is 11.5 Å². The Kier molecular flexibility index (Phi) is 3.13. The SMILES string of the molecule is CC(CCO)Cn1ncc(N)c1N. The normalized spacial score (nSPS) is 13.1. The Morgan fingerprint density at radius 2 is 2.31 bits per heavy atom. The number of hydrogen-bond donors (Lipinski definition) is 3. The first-order chi connectivity index (χ1) is 6.15. The van der Waals surface area contributed by atoms with Crippen LogP contribution in [0.2, 0.25) is 0 Å². The monoisotopic (exact) mass is 184 g/mol. The van der Waals surface area contributed by atoms with Crippen molar-refractivity contribution in [1.82, 2.24) is 9.78 Å². The topological polar surface area (TPSA) is 90.1 Å². The van der Waals surface area contributed by atoms with Crippen molar-refractivity contribution in [2.24, 2.45) is 5.92 Å². The fraction of sp³-hybridized carbons (Fsp3) is 0.625. The van der Waals surface area contributed by atoms with Gasteiger partial charge in [-0.3, -0.25) is 0 Å². The maximum atomic E-state index is 8.70. The number of nitrogens with zero attached hydrogens (tertiary/aromatic N) is 2. The number of hydrogen-bond acceptors (Lipinski definition) is 4. The zero-order valence-electron chi connectivity index (χ0n) is 7.77. The Morgan fingerprint density at radius 3 is 2.77 bits per heavy atom. The molecule has 1 heterocycles. The molecule has 74 valence electrons. The second-order valence-corrected chi connectivity index (χ2v) is 3.28. The summed E-state index contributed by atoms with van der Waals surface area (Å²) in [5.41, 5.74) is 11.7. The van der Waals surface area contributed by atoms with E-state index >= 15 is 0 Å². The van der Waals surface area contributed by atoms with E-state index in [4.69, 9.17) is 16.6 Å². The van der Waals surface area contributed by atoms with E-state index < -0.39 is 0 Å². The average Bonchev–Trinajstić information content (AvgIpc) is 2.37. The molecule has 0 aliphatic carbocycles. The molecule has 1 rings (SSSR count). The predicted molar refractivity (Wildman–Crippen MR) is 51.9 cm³/mol. The average molecular weight is 184 g/mol. The van der Waals surface area contributed by atoms with Crippen molar-refractivity contribution >= 4 is 11.5 Å². The van der Waals surface area contributed by atoms with Crippen molar-refractivity contribution in [3.63, 3.8) is 0 Å². The third kappa shape index (κ3) is 2.35. The molecular weight excluding hydrogens is 168 g/mol. The highest BCUT2D eigenvalue weighted by Crippen LogP contribution is 2.15. The van der Waals surface area contributed by atoms with Crippen LogP contribution in [0.4, 0.5) is 11.5 Å². The molecule has 0 aromatic carbocycles. The van der Waals surface area contributed by atoms with E-state index in [1.807, 2.05) is 6.92 Å². The van der Waals surface area contributed by atoms with Gasteiger partial charge in [0.15, 0.2) is 0 Å². The fourth-order valence-corrected chi connectivity index (χ4v) is 1.16. The summed E-state index contributed by atoms with van der Waals surface area (Å²) in [6.45, 7) is 2.93. The van der Waals surface area contributed by atoms with Crippen molar-refractivity contribution in [1.29, 1.82) is 0 Å². The van der Waals surface area contributed by atoms with Gasteiger partial charge in [-0.05, 0) is 12.3 Å². The smallest absolute Gasteiger partial charge is 0.145 e. The zero-order valence-corrected chi connectivity index (χ0v) is 7.77. The van der Waals surface area contributed by atoms with E-state index in [1.54, 1.807) is 10.9 Å². The lowest BCUT2D eigenvalue weighted by Crippen LogP contribution is -2.12. The minimum Gasteiger partial charge on any atom is -0.396 e. The summed E-state index contributed by atoms with van der Waals surface area (Å²) in [6.07, 6.45) is 2.29. The number of nitrogen functional groups attached to an aromatic ring is 2. The molecule has 1 unspecified atom stereocenters. The minimum atomic E-state index is 0.192. The lowest BCUT2D eigenvalue weighted by Gasteiger charge is -2.10. The molecule has 0 amide bonds. The van der Waals surface area contributed by atoms with Gasteiger partial charge in [-0.25, -0.2) is 4.68 Å². The van der Waals surface area contributed by atoms with E-state index in [2.05, 4.69) is 5.10 Å². The molecule has 0 saturated carbocycles. The number of aliphatic hydroxyl groups is 1. The van der Waals surface area contributed by atoms with Gasteiger partial charge < -0.3 is 16.6 Å². The van der Waals surface area contributed by atoms with E-state index in [0.717, 1.165) is 6.42 Å². The van der Waals surface area contributed by atoms with E-state index in [-0.39, 0.29) is 6.61 Å². The summed E-state index contributed by atoms with van der Waals surface area (Å²) in [5, 5.41) is 12.7. The van der Waals surface area contributed by atoms with Gasteiger partial charge in [-0.2, -0.15) is 5.10 Å². The number of rotatable bonds is 4. The van der Waals surface area contributed by atoms with Gasteiger partial charge in [-0.15, -0.1) is 0 Å². The molecule has 0 radical (unpaired) electrons. The number of anilines is 2. The van der Waals surface area contributed by atoms with E-state index in [1.165, 1.54) is 0 Å². The number of aromatic nitrogens is 2. The van der Waals surface area contributed by atoms with Crippen molar-refractivity contribution in [2.45, 2.75) is 19.9 Å². The number of aliphatic hydroxyl groups excluding tert-OH is 1. The Morgan fingerprint density at radius 1 is 1.62 bits per heavy atom. The molecule has 1 atom stereocenters.